The minimum atomic E-state index is 0.363. The second kappa shape index (κ2) is 4.03. The van der Waals surface area contributed by atoms with Crippen molar-refractivity contribution < 1.29 is 0 Å². The summed E-state index contributed by atoms with van der Waals surface area (Å²) in [6.45, 7) is 0. The van der Waals surface area contributed by atoms with Crippen molar-refractivity contribution in [2.45, 2.75) is 0 Å². The summed E-state index contributed by atoms with van der Waals surface area (Å²) in [4.78, 5) is 3.79. The molecule has 1 aromatic heterocycles. The Morgan fingerprint density at radius 3 is 3.00 bits per heavy atom. The molecule has 0 aliphatic carbocycles. The molecule has 1 aromatic rings. The van der Waals surface area contributed by atoms with Gasteiger partial charge in [0.05, 0.1) is 6.21 Å². The molecule has 0 atom stereocenters. The van der Waals surface area contributed by atoms with Crippen molar-refractivity contribution in [2.75, 3.05) is 0 Å². The van der Waals surface area contributed by atoms with Gasteiger partial charge in [-0.05, 0) is 0 Å². The summed E-state index contributed by atoms with van der Waals surface area (Å²) in [5, 5.41) is 13.0. The SMILES string of the molecule is N/N=C/c1n[nH]nc1N=CNN. The summed E-state index contributed by atoms with van der Waals surface area (Å²) in [6, 6.07) is 0. The topological polar surface area (TPSA) is 130 Å². The van der Waals surface area contributed by atoms with Gasteiger partial charge in [0.15, 0.2) is 5.69 Å². The van der Waals surface area contributed by atoms with Crippen LogP contribution in [0.4, 0.5) is 5.82 Å². The highest BCUT2D eigenvalue weighted by Crippen LogP contribution is 2.07. The van der Waals surface area contributed by atoms with Crippen LogP contribution in [0.3, 0.4) is 0 Å². The number of nitrogens with zero attached hydrogens (tertiary/aromatic N) is 4. The third-order valence-electron chi connectivity index (χ3n) is 1.01. The van der Waals surface area contributed by atoms with Crippen molar-refractivity contribution >= 4 is 18.4 Å². The first-order chi connectivity index (χ1) is 5.88. The first-order valence-electron chi connectivity index (χ1n) is 3.01. The summed E-state index contributed by atoms with van der Waals surface area (Å²) >= 11 is 0. The molecule has 0 saturated heterocycles. The number of hydrazine groups is 1. The van der Waals surface area contributed by atoms with Crippen LogP contribution in [0.5, 0.6) is 0 Å². The summed E-state index contributed by atoms with van der Waals surface area (Å²) in [6.07, 6.45) is 2.60. The number of aromatic amines is 1. The first kappa shape index (κ1) is 8.14. The fraction of sp³-hybridized carbons (Fsp3) is 0. The quantitative estimate of drug-likeness (QED) is 0.183. The maximum absolute atomic E-state index is 4.95. The van der Waals surface area contributed by atoms with Gasteiger partial charge in [-0.3, -0.25) is 0 Å². The number of hydrogen-bond acceptors (Lipinski definition) is 6. The Balaban J connectivity index is 2.83. The average Bonchev–Trinajstić information content (AvgIpc) is 2.50. The van der Waals surface area contributed by atoms with E-state index in [1.165, 1.54) is 12.6 Å². The minimum Gasteiger partial charge on any atom is -0.323 e. The molecule has 0 aromatic carbocycles. The number of rotatable bonds is 3. The summed E-state index contributed by atoms with van der Waals surface area (Å²) < 4.78 is 0. The zero-order chi connectivity index (χ0) is 8.81. The number of nitrogens with one attached hydrogen (secondary N) is 2. The smallest absolute Gasteiger partial charge is 0.204 e. The summed E-state index contributed by atoms with van der Waals surface area (Å²) in [5.74, 6) is 10.2. The van der Waals surface area contributed by atoms with Gasteiger partial charge < -0.3 is 11.3 Å². The third-order valence-corrected chi connectivity index (χ3v) is 1.01. The molecule has 0 spiro atoms. The van der Waals surface area contributed by atoms with Crippen molar-refractivity contribution in [1.82, 2.24) is 20.8 Å². The van der Waals surface area contributed by atoms with Gasteiger partial charge in [-0.1, -0.05) is 0 Å². The zero-order valence-electron chi connectivity index (χ0n) is 6.10. The molecule has 12 heavy (non-hydrogen) atoms. The lowest BCUT2D eigenvalue weighted by molar-refractivity contribution is 0.936. The van der Waals surface area contributed by atoms with E-state index in [0.29, 0.717) is 11.5 Å². The summed E-state index contributed by atoms with van der Waals surface area (Å²) in [5.41, 5.74) is 2.67. The van der Waals surface area contributed by atoms with E-state index < -0.39 is 0 Å². The van der Waals surface area contributed by atoms with Crippen LogP contribution in [-0.4, -0.2) is 28.0 Å². The maximum atomic E-state index is 4.95. The lowest BCUT2D eigenvalue weighted by Crippen LogP contribution is -2.18. The average molecular weight is 168 g/mol. The number of hydrazone groups is 1. The van der Waals surface area contributed by atoms with Crippen LogP contribution in [0.25, 0.3) is 0 Å². The van der Waals surface area contributed by atoms with Crippen molar-refractivity contribution in [3.63, 3.8) is 0 Å². The van der Waals surface area contributed by atoms with E-state index in [9.17, 15) is 0 Å². The number of aliphatic imine (C=N–C) groups is 1. The van der Waals surface area contributed by atoms with Gasteiger partial charge in [0, 0.05) is 0 Å². The van der Waals surface area contributed by atoms with Crippen LogP contribution in [0.15, 0.2) is 10.1 Å². The molecule has 6 N–H and O–H groups in total. The number of hydrogen-bond donors (Lipinski definition) is 4. The molecular weight excluding hydrogens is 160 g/mol. The lowest BCUT2D eigenvalue weighted by atomic mass is 10.5. The molecule has 64 valence electrons. The lowest BCUT2D eigenvalue weighted by Gasteiger charge is -1.85. The van der Waals surface area contributed by atoms with Gasteiger partial charge in [0.25, 0.3) is 0 Å². The van der Waals surface area contributed by atoms with E-state index >= 15 is 0 Å². The van der Waals surface area contributed by atoms with E-state index in [1.807, 2.05) is 0 Å². The molecule has 0 radical (unpaired) electrons. The van der Waals surface area contributed by atoms with Crippen molar-refractivity contribution in [1.29, 1.82) is 0 Å². The van der Waals surface area contributed by atoms with Crippen LogP contribution >= 0.6 is 0 Å². The van der Waals surface area contributed by atoms with E-state index in [4.69, 9.17) is 11.7 Å². The minimum absolute atomic E-state index is 0.363. The zero-order valence-corrected chi connectivity index (χ0v) is 6.10. The summed E-state index contributed by atoms with van der Waals surface area (Å²) in [7, 11) is 0. The number of H-pyrrole nitrogens is 1. The fourth-order valence-corrected chi connectivity index (χ4v) is 0.584. The third kappa shape index (κ3) is 1.76. The predicted octanol–water partition coefficient (Wildman–Crippen LogP) is -1.78. The van der Waals surface area contributed by atoms with Gasteiger partial charge in [0.1, 0.15) is 6.34 Å². The molecule has 0 amide bonds. The Kier molecular flexibility index (Phi) is 2.73. The van der Waals surface area contributed by atoms with Gasteiger partial charge in [-0.2, -0.15) is 15.4 Å². The molecular formula is C4H8N8. The fourth-order valence-electron chi connectivity index (χ4n) is 0.584. The van der Waals surface area contributed by atoms with Crippen LogP contribution in [-0.2, 0) is 0 Å². The number of nitrogens with two attached hydrogens (primary N) is 2. The van der Waals surface area contributed by atoms with E-state index in [2.05, 4.69) is 30.9 Å². The largest absolute Gasteiger partial charge is 0.323 e. The predicted molar refractivity (Wildman–Crippen MR) is 43.6 cm³/mol. The first-order valence-corrected chi connectivity index (χ1v) is 3.01. The van der Waals surface area contributed by atoms with Gasteiger partial charge in [0.2, 0.25) is 5.82 Å². The Labute approximate surface area is 67.7 Å². The van der Waals surface area contributed by atoms with Crippen LogP contribution < -0.4 is 17.1 Å². The highest BCUT2D eigenvalue weighted by molar-refractivity contribution is 5.83. The van der Waals surface area contributed by atoms with E-state index in [0.717, 1.165) is 0 Å². The molecule has 8 heteroatoms. The van der Waals surface area contributed by atoms with Crippen molar-refractivity contribution in [3.8, 4) is 0 Å². The Morgan fingerprint density at radius 1 is 1.50 bits per heavy atom. The molecule has 0 aliphatic rings. The molecule has 0 saturated carbocycles. The Hall–Kier alpha value is -1.96. The van der Waals surface area contributed by atoms with E-state index in [-0.39, 0.29) is 0 Å². The van der Waals surface area contributed by atoms with Crippen molar-refractivity contribution in [2.24, 2.45) is 21.8 Å². The molecule has 8 nitrogen and oxygen atoms in total. The second-order valence-corrected chi connectivity index (χ2v) is 1.74. The van der Waals surface area contributed by atoms with E-state index in [1.54, 1.807) is 0 Å². The van der Waals surface area contributed by atoms with Crippen molar-refractivity contribution in [3.05, 3.63) is 5.69 Å². The molecule has 0 fully saturated rings. The maximum Gasteiger partial charge on any atom is 0.204 e. The van der Waals surface area contributed by atoms with Gasteiger partial charge in [-0.15, -0.1) is 5.10 Å². The molecule has 1 heterocycles. The van der Waals surface area contributed by atoms with Crippen LogP contribution in [0, 0.1) is 0 Å². The highest BCUT2D eigenvalue weighted by Gasteiger charge is 2.01. The highest BCUT2D eigenvalue weighted by atomic mass is 15.4. The molecule has 0 aliphatic heterocycles. The molecule has 0 bridgehead atoms. The Bertz CT molecular complexity index is 285. The monoisotopic (exact) mass is 168 g/mol. The van der Waals surface area contributed by atoms with Crippen LogP contribution in [0.2, 0.25) is 0 Å². The standard InChI is InChI=1S/C4H8N8/c5-8-1-3-4(7-2-9-6)11-12-10-3/h1-2H,5-6H2,(H2,7,9,10,11,12)/b8-1+. The number of aromatic nitrogens is 3. The molecule has 1 rings (SSSR count). The Morgan fingerprint density at radius 2 is 2.33 bits per heavy atom. The van der Waals surface area contributed by atoms with Gasteiger partial charge in [-0.25, -0.2) is 10.8 Å². The molecule has 0 unspecified atom stereocenters. The normalized spacial score (nSPS) is 11.4. The second-order valence-electron chi connectivity index (χ2n) is 1.74. The van der Waals surface area contributed by atoms with Gasteiger partial charge >= 0.3 is 0 Å². The van der Waals surface area contributed by atoms with Crippen LogP contribution in [0.1, 0.15) is 5.69 Å².